The van der Waals surface area contributed by atoms with Crippen LogP contribution in [0.3, 0.4) is 0 Å². The van der Waals surface area contributed by atoms with Gasteiger partial charge in [-0.05, 0) is 92.6 Å². The minimum atomic E-state index is -3.86. The molecule has 0 saturated carbocycles. The summed E-state index contributed by atoms with van der Waals surface area (Å²) < 4.78 is 33.8. The summed E-state index contributed by atoms with van der Waals surface area (Å²) in [5, 5.41) is 6.38. The number of nitrogens with one attached hydrogen (secondary N) is 2. The van der Waals surface area contributed by atoms with Crippen LogP contribution in [0.1, 0.15) is 59.7 Å². The van der Waals surface area contributed by atoms with Crippen LogP contribution in [0.4, 0.5) is 10.5 Å². The summed E-state index contributed by atoms with van der Waals surface area (Å²) in [6.45, 7) is 14.7. The van der Waals surface area contributed by atoms with Crippen LogP contribution in [-0.2, 0) is 26.0 Å². The third-order valence-corrected chi connectivity index (χ3v) is 8.76. The number of carbonyl (C=O) groups is 2. The van der Waals surface area contributed by atoms with E-state index in [0.29, 0.717) is 28.8 Å². The number of aromatic nitrogens is 2. The second-order valence-corrected chi connectivity index (χ2v) is 14.4. The molecule has 2 heterocycles. The Morgan fingerprint density at radius 3 is 2.23 bits per heavy atom. The lowest BCUT2D eigenvalue weighted by Gasteiger charge is -2.31. The quantitative estimate of drug-likeness (QED) is 0.243. The van der Waals surface area contributed by atoms with Gasteiger partial charge in [0.15, 0.2) is 5.65 Å². The van der Waals surface area contributed by atoms with Crippen LogP contribution in [0.5, 0.6) is 0 Å². The molecule has 0 fully saturated rings. The van der Waals surface area contributed by atoms with E-state index in [4.69, 9.17) is 4.74 Å². The lowest BCUT2D eigenvalue weighted by Crippen LogP contribution is -2.52. The molecule has 2 aromatic heterocycles. The van der Waals surface area contributed by atoms with E-state index >= 15 is 0 Å². The van der Waals surface area contributed by atoms with Crippen molar-refractivity contribution in [1.29, 1.82) is 0 Å². The first kappa shape index (κ1) is 31.7. The molecular formula is C33H40N4O5S. The number of ether oxygens (including phenoxy) is 1. The number of benzene rings is 2. The number of alkyl carbamates (subject to hydrolysis) is 1. The molecule has 4 rings (SSSR count). The molecule has 9 nitrogen and oxygen atoms in total. The Morgan fingerprint density at radius 2 is 1.63 bits per heavy atom. The van der Waals surface area contributed by atoms with Gasteiger partial charge in [0.2, 0.25) is 5.91 Å². The van der Waals surface area contributed by atoms with Gasteiger partial charge in [0.05, 0.1) is 4.90 Å². The summed E-state index contributed by atoms with van der Waals surface area (Å²) in [7, 11) is -3.86. The van der Waals surface area contributed by atoms with E-state index in [1.807, 2.05) is 52.0 Å². The first-order valence-electron chi connectivity index (χ1n) is 14.2. The smallest absolute Gasteiger partial charge is 0.408 e. The SMILES string of the molecule is CCc1cc(NC(=O)[C@H](NC(=O)OC(C)(C)C)C(C)(C)C)ccc1-c1ccnc2c1cc(C)n2S(=O)(=O)c1ccccc1. The zero-order valence-electron chi connectivity index (χ0n) is 26.0. The molecule has 0 unspecified atom stereocenters. The van der Waals surface area contributed by atoms with E-state index in [1.165, 1.54) is 3.97 Å². The van der Waals surface area contributed by atoms with Crippen molar-refractivity contribution in [1.82, 2.24) is 14.3 Å². The molecule has 0 aliphatic carbocycles. The molecule has 0 bridgehead atoms. The van der Waals surface area contributed by atoms with Gasteiger partial charge in [-0.25, -0.2) is 22.2 Å². The number of nitrogens with zero attached hydrogens (tertiary/aromatic N) is 2. The van der Waals surface area contributed by atoms with Gasteiger partial charge >= 0.3 is 6.09 Å². The van der Waals surface area contributed by atoms with Crippen molar-refractivity contribution < 1.29 is 22.7 Å². The first-order valence-corrected chi connectivity index (χ1v) is 15.7. The predicted molar refractivity (Wildman–Crippen MR) is 170 cm³/mol. The molecule has 0 spiro atoms. The first-order chi connectivity index (χ1) is 20.0. The number of hydrogen-bond donors (Lipinski definition) is 2. The van der Waals surface area contributed by atoms with Crippen molar-refractivity contribution in [3.05, 3.63) is 78.1 Å². The molecule has 0 saturated heterocycles. The molecule has 4 aromatic rings. The average molecular weight is 605 g/mol. The standard InChI is InChI=1S/C33H40N4O5S/c1-9-22-20-23(35-30(38)28(32(3,4)5)36-31(39)42-33(6,7)8)15-16-25(22)26-17-18-34-29-27(26)19-21(2)37(29)43(40,41)24-13-11-10-12-14-24/h10-20,28H,9H2,1-8H3,(H,35,38)(H,36,39)/t28-/m0/s1. The Balaban J connectivity index is 1.69. The highest BCUT2D eigenvalue weighted by molar-refractivity contribution is 7.90. The highest BCUT2D eigenvalue weighted by Gasteiger charge is 2.34. The van der Waals surface area contributed by atoms with E-state index in [0.717, 1.165) is 16.7 Å². The van der Waals surface area contributed by atoms with E-state index in [9.17, 15) is 18.0 Å². The summed E-state index contributed by atoms with van der Waals surface area (Å²) >= 11 is 0. The number of anilines is 1. The molecule has 2 aromatic carbocycles. The Bertz CT molecular complexity index is 1760. The van der Waals surface area contributed by atoms with E-state index in [2.05, 4.69) is 15.6 Å². The highest BCUT2D eigenvalue weighted by atomic mass is 32.2. The van der Waals surface area contributed by atoms with Gasteiger partial charge in [-0.2, -0.15) is 0 Å². The maximum atomic E-state index is 13.6. The third kappa shape index (κ3) is 6.91. The van der Waals surface area contributed by atoms with Crippen molar-refractivity contribution in [3.8, 4) is 11.1 Å². The summed E-state index contributed by atoms with van der Waals surface area (Å²) in [6, 6.07) is 16.8. The van der Waals surface area contributed by atoms with Crippen LogP contribution in [0.25, 0.3) is 22.2 Å². The van der Waals surface area contributed by atoms with Gasteiger partial charge in [-0.15, -0.1) is 0 Å². The lowest BCUT2D eigenvalue weighted by atomic mass is 9.86. The molecule has 10 heteroatoms. The zero-order valence-corrected chi connectivity index (χ0v) is 26.8. The molecular weight excluding hydrogens is 564 g/mol. The maximum Gasteiger partial charge on any atom is 0.408 e. The fourth-order valence-corrected chi connectivity index (χ4v) is 6.50. The van der Waals surface area contributed by atoms with Gasteiger partial charge in [0.25, 0.3) is 10.0 Å². The Labute approximate surface area is 253 Å². The molecule has 2 N–H and O–H groups in total. The number of pyridine rings is 1. The van der Waals surface area contributed by atoms with Crippen LogP contribution >= 0.6 is 0 Å². The minimum Gasteiger partial charge on any atom is -0.444 e. The molecule has 2 amide bonds. The van der Waals surface area contributed by atoms with Crippen molar-refractivity contribution in [2.24, 2.45) is 5.41 Å². The molecule has 228 valence electrons. The fraction of sp³-hybridized carbons (Fsp3) is 0.364. The number of amides is 2. The number of aryl methyl sites for hydroxylation is 2. The van der Waals surface area contributed by atoms with Crippen molar-refractivity contribution in [2.45, 2.75) is 78.3 Å². The van der Waals surface area contributed by atoms with Crippen LogP contribution in [0, 0.1) is 12.3 Å². The average Bonchev–Trinajstić information content (AvgIpc) is 3.27. The molecule has 0 aliphatic heterocycles. The predicted octanol–water partition coefficient (Wildman–Crippen LogP) is 6.69. The maximum absolute atomic E-state index is 13.6. The number of fused-ring (bicyclic) bond motifs is 1. The summed E-state index contributed by atoms with van der Waals surface area (Å²) in [5.41, 5.74) is 2.89. The zero-order chi connectivity index (χ0) is 31.7. The summed E-state index contributed by atoms with van der Waals surface area (Å²) in [4.78, 5) is 30.5. The van der Waals surface area contributed by atoms with Gasteiger partial charge in [0.1, 0.15) is 11.6 Å². The highest BCUT2D eigenvalue weighted by Crippen LogP contribution is 2.35. The van der Waals surface area contributed by atoms with Crippen LogP contribution in [0.2, 0.25) is 0 Å². The second kappa shape index (κ2) is 11.8. The summed E-state index contributed by atoms with van der Waals surface area (Å²) in [5.74, 6) is -0.363. The minimum absolute atomic E-state index is 0.187. The fourth-order valence-electron chi connectivity index (χ4n) is 4.98. The lowest BCUT2D eigenvalue weighted by molar-refractivity contribution is -0.120. The van der Waals surface area contributed by atoms with Crippen molar-refractivity contribution in [2.75, 3.05) is 5.32 Å². The topological polar surface area (TPSA) is 119 Å². The van der Waals surface area contributed by atoms with Gasteiger partial charge < -0.3 is 15.4 Å². The normalized spacial score (nSPS) is 13.0. The number of rotatable bonds is 7. The van der Waals surface area contributed by atoms with Crippen LogP contribution in [-0.4, -0.2) is 41.0 Å². The Morgan fingerprint density at radius 1 is 0.953 bits per heavy atom. The molecule has 0 aliphatic rings. The van der Waals surface area contributed by atoms with Crippen LogP contribution < -0.4 is 10.6 Å². The molecule has 43 heavy (non-hydrogen) atoms. The monoisotopic (exact) mass is 604 g/mol. The largest absolute Gasteiger partial charge is 0.444 e. The van der Waals surface area contributed by atoms with E-state index in [1.54, 1.807) is 70.3 Å². The second-order valence-electron chi connectivity index (χ2n) is 12.6. The van der Waals surface area contributed by atoms with Gasteiger partial charge in [-0.1, -0.05) is 52.0 Å². The van der Waals surface area contributed by atoms with Gasteiger partial charge in [-0.3, -0.25) is 4.79 Å². The summed E-state index contributed by atoms with van der Waals surface area (Å²) in [6.07, 6.45) is 1.61. The van der Waals surface area contributed by atoms with E-state index < -0.39 is 33.2 Å². The van der Waals surface area contributed by atoms with Gasteiger partial charge in [0, 0.05) is 23.0 Å². The number of hydrogen-bond acceptors (Lipinski definition) is 6. The van der Waals surface area contributed by atoms with Crippen molar-refractivity contribution in [3.63, 3.8) is 0 Å². The molecule has 0 radical (unpaired) electrons. The van der Waals surface area contributed by atoms with Crippen LogP contribution in [0.15, 0.2) is 71.8 Å². The Kier molecular flexibility index (Phi) is 8.74. The third-order valence-electron chi connectivity index (χ3n) is 6.95. The Hall–Kier alpha value is -4.18. The van der Waals surface area contributed by atoms with E-state index in [-0.39, 0.29) is 10.8 Å². The number of carbonyl (C=O) groups excluding carboxylic acids is 2. The van der Waals surface area contributed by atoms with Crippen molar-refractivity contribution >= 4 is 38.7 Å². The molecule has 1 atom stereocenters.